The standard InChI is InChI=1S/C9H14FNO/c1-6-5-8(7(2)12-6)9(10)3-4-11/h5,9H,3-4,11H2,1-2H3. The van der Waals surface area contributed by atoms with Crippen LogP contribution in [0.2, 0.25) is 0 Å². The molecule has 0 saturated carbocycles. The molecule has 3 heteroatoms. The molecule has 0 aromatic carbocycles. The quantitative estimate of drug-likeness (QED) is 0.757. The lowest BCUT2D eigenvalue weighted by Gasteiger charge is -2.03. The average Bonchev–Trinajstić information content (AvgIpc) is 2.30. The van der Waals surface area contributed by atoms with Crippen LogP contribution in [0.1, 0.15) is 29.7 Å². The largest absolute Gasteiger partial charge is 0.466 e. The molecule has 1 atom stereocenters. The Labute approximate surface area is 71.6 Å². The van der Waals surface area contributed by atoms with E-state index >= 15 is 0 Å². The van der Waals surface area contributed by atoms with Crippen LogP contribution >= 0.6 is 0 Å². The minimum absolute atomic E-state index is 0.361. The molecule has 12 heavy (non-hydrogen) atoms. The zero-order valence-corrected chi connectivity index (χ0v) is 7.43. The molecule has 68 valence electrons. The molecule has 1 unspecified atom stereocenters. The van der Waals surface area contributed by atoms with Crippen molar-refractivity contribution < 1.29 is 8.81 Å². The van der Waals surface area contributed by atoms with Gasteiger partial charge in [-0.25, -0.2) is 4.39 Å². The summed E-state index contributed by atoms with van der Waals surface area (Å²) in [5.41, 5.74) is 5.89. The highest BCUT2D eigenvalue weighted by atomic mass is 19.1. The molecule has 0 radical (unpaired) electrons. The Bertz CT molecular complexity index is 257. The minimum atomic E-state index is -0.979. The summed E-state index contributed by atoms with van der Waals surface area (Å²) in [6, 6.07) is 1.73. The van der Waals surface area contributed by atoms with Crippen LogP contribution in [0.4, 0.5) is 4.39 Å². The van der Waals surface area contributed by atoms with Crippen molar-refractivity contribution in [2.24, 2.45) is 5.73 Å². The summed E-state index contributed by atoms with van der Waals surface area (Å²) in [5.74, 6) is 1.41. The monoisotopic (exact) mass is 171 g/mol. The summed E-state index contributed by atoms with van der Waals surface area (Å²) < 4.78 is 18.5. The van der Waals surface area contributed by atoms with Gasteiger partial charge in [0.15, 0.2) is 0 Å². The third-order valence-electron chi connectivity index (χ3n) is 1.84. The normalized spacial score (nSPS) is 13.3. The van der Waals surface area contributed by atoms with Gasteiger partial charge in [0.25, 0.3) is 0 Å². The number of aryl methyl sites for hydroxylation is 2. The Kier molecular flexibility index (Phi) is 2.87. The van der Waals surface area contributed by atoms with Gasteiger partial charge >= 0.3 is 0 Å². The highest BCUT2D eigenvalue weighted by Gasteiger charge is 2.14. The summed E-state index contributed by atoms with van der Waals surface area (Å²) in [6.07, 6.45) is -0.618. The van der Waals surface area contributed by atoms with Crippen molar-refractivity contribution in [3.63, 3.8) is 0 Å². The number of furan rings is 1. The minimum Gasteiger partial charge on any atom is -0.466 e. The van der Waals surface area contributed by atoms with Crippen LogP contribution in [0.3, 0.4) is 0 Å². The molecular formula is C9H14FNO. The highest BCUT2D eigenvalue weighted by Crippen LogP contribution is 2.26. The third kappa shape index (κ3) is 1.85. The zero-order valence-electron chi connectivity index (χ0n) is 7.43. The lowest BCUT2D eigenvalue weighted by Crippen LogP contribution is -2.03. The van der Waals surface area contributed by atoms with Gasteiger partial charge in [0, 0.05) is 5.56 Å². The maximum absolute atomic E-state index is 13.3. The molecule has 0 spiro atoms. The Hall–Kier alpha value is -0.830. The fraction of sp³-hybridized carbons (Fsp3) is 0.556. The first-order valence-electron chi connectivity index (χ1n) is 4.06. The fourth-order valence-corrected chi connectivity index (χ4v) is 1.26. The fourth-order valence-electron chi connectivity index (χ4n) is 1.26. The van der Waals surface area contributed by atoms with Gasteiger partial charge in [-0.2, -0.15) is 0 Å². The number of hydrogen-bond acceptors (Lipinski definition) is 2. The first kappa shape index (κ1) is 9.26. The van der Waals surface area contributed by atoms with Gasteiger partial charge in [-0.15, -0.1) is 0 Å². The van der Waals surface area contributed by atoms with Crippen LogP contribution < -0.4 is 5.73 Å². The molecule has 1 aromatic rings. The number of halogens is 1. The van der Waals surface area contributed by atoms with E-state index in [0.29, 0.717) is 24.3 Å². The number of rotatable bonds is 3. The Morgan fingerprint density at radius 2 is 2.25 bits per heavy atom. The lowest BCUT2D eigenvalue weighted by molar-refractivity contribution is 0.322. The summed E-state index contributed by atoms with van der Waals surface area (Å²) >= 11 is 0. The zero-order chi connectivity index (χ0) is 9.14. The lowest BCUT2D eigenvalue weighted by atomic mass is 10.1. The van der Waals surface area contributed by atoms with Crippen LogP contribution in [0, 0.1) is 13.8 Å². The summed E-state index contributed by atoms with van der Waals surface area (Å²) in [7, 11) is 0. The molecule has 0 aliphatic heterocycles. The van der Waals surface area contributed by atoms with Gasteiger partial charge in [0.05, 0.1) is 0 Å². The smallest absolute Gasteiger partial charge is 0.130 e. The molecule has 1 aromatic heterocycles. The van der Waals surface area contributed by atoms with E-state index in [-0.39, 0.29) is 0 Å². The van der Waals surface area contributed by atoms with Crippen LogP contribution in [-0.4, -0.2) is 6.54 Å². The van der Waals surface area contributed by atoms with Crippen molar-refractivity contribution in [1.29, 1.82) is 0 Å². The Morgan fingerprint density at radius 1 is 1.58 bits per heavy atom. The van der Waals surface area contributed by atoms with Crippen LogP contribution in [-0.2, 0) is 0 Å². The molecule has 1 rings (SSSR count). The van der Waals surface area contributed by atoms with Crippen molar-refractivity contribution in [3.05, 3.63) is 23.2 Å². The van der Waals surface area contributed by atoms with E-state index < -0.39 is 6.17 Å². The van der Waals surface area contributed by atoms with E-state index in [1.165, 1.54) is 0 Å². The first-order valence-corrected chi connectivity index (χ1v) is 4.06. The molecule has 0 fully saturated rings. The topological polar surface area (TPSA) is 39.2 Å². The van der Waals surface area contributed by atoms with Crippen molar-refractivity contribution >= 4 is 0 Å². The van der Waals surface area contributed by atoms with Crippen molar-refractivity contribution in [2.75, 3.05) is 6.54 Å². The third-order valence-corrected chi connectivity index (χ3v) is 1.84. The van der Waals surface area contributed by atoms with Gasteiger partial charge in [-0.1, -0.05) is 0 Å². The molecule has 0 bridgehead atoms. The SMILES string of the molecule is Cc1cc(C(F)CCN)c(C)o1. The second-order valence-electron chi connectivity index (χ2n) is 2.91. The van der Waals surface area contributed by atoms with E-state index in [0.717, 1.165) is 5.76 Å². The van der Waals surface area contributed by atoms with Crippen LogP contribution in [0.5, 0.6) is 0 Å². The molecule has 2 N–H and O–H groups in total. The van der Waals surface area contributed by atoms with Crippen molar-refractivity contribution in [3.8, 4) is 0 Å². The second-order valence-corrected chi connectivity index (χ2v) is 2.91. The molecule has 1 heterocycles. The maximum Gasteiger partial charge on any atom is 0.130 e. The van der Waals surface area contributed by atoms with Gasteiger partial charge in [0.1, 0.15) is 17.7 Å². The van der Waals surface area contributed by atoms with Crippen molar-refractivity contribution in [2.45, 2.75) is 26.4 Å². The first-order chi connectivity index (χ1) is 5.65. The van der Waals surface area contributed by atoms with E-state index in [9.17, 15) is 4.39 Å². The highest BCUT2D eigenvalue weighted by molar-refractivity contribution is 5.22. The maximum atomic E-state index is 13.3. The summed E-state index contributed by atoms with van der Waals surface area (Å²) in [4.78, 5) is 0. The summed E-state index contributed by atoms with van der Waals surface area (Å²) in [5, 5.41) is 0. The Morgan fingerprint density at radius 3 is 2.67 bits per heavy atom. The van der Waals surface area contributed by atoms with Gasteiger partial charge in [0.2, 0.25) is 0 Å². The molecule has 0 amide bonds. The molecule has 2 nitrogen and oxygen atoms in total. The Balaban J connectivity index is 2.79. The second kappa shape index (κ2) is 3.72. The van der Waals surface area contributed by atoms with E-state index in [4.69, 9.17) is 10.2 Å². The molecular weight excluding hydrogens is 157 g/mol. The number of alkyl halides is 1. The summed E-state index contributed by atoms with van der Waals surface area (Å²) in [6.45, 7) is 3.95. The van der Waals surface area contributed by atoms with E-state index in [2.05, 4.69) is 0 Å². The van der Waals surface area contributed by atoms with E-state index in [1.54, 1.807) is 13.0 Å². The van der Waals surface area contributed by atoms with Crippen LogP contribution in [0.25, 0.3) is 0 Å². The van der Waals surface area contributed by atoms with Gasteiger partial charge in [-0.3, -0.25) is 0 Å². The predicted octanol–water partition coefficient (Wildman–Crippen LogP) is 2.26. The molecule has 0 aliphatic carbocycles. The van der Waals surface area contributed by atoms with E-state index in [1.807, 2.05) is 6.92 Å². The van der Waals surface area contributed by atoms with Crippen LogP contribution in [0.15, 0.2) is 10.5 Å². The van der Waals surface area contributed by atoms with Crippen molar-refractivity contribution in [1.82, 2.24) is 0 Å². The van der Waals surface area contributed by atoms with Gasteiger partial charge < -0.3 is 10.2 Å². The predicted molar refractivity (Wildman–Crippen MR) is 45.7 cm³/mol. The average molecular weight is 171 g/mol. The molecule has 0 aliphatic rings. The number of hydrogen-bond donors (Lipinski definition) is 1. The molecule has 0 saturated heterocycles. The van der Waals surface area contributed by atoms with Gasteiger partial charge in [-0.05, 0) is 32.9 Å². The number of nitrogens with two attached hydrogens (primary N) is 1.